The number of nitrogens with zero attached hydrogens (tertiary/aromatic N) is 2. The van der Waals surface area contributed by atoms with Crippen molar-refractivity contribution in [1.82, 2.24) is 10.0 Å². The number of imide groups is 2. The smallest absolute Gasteiger partial charge is 0.244 e. The standard InChI is InChI=1S/C40H78N4O4/c1-3-5-7-9-11-13-15-17-19-21-23-25-27-29-31-33-37(45)43(41)39(47)35-36-40(48)44(42)38(46)34-32-30-28-26-24-22-20-18-16-14-12-10-8-6-4-2/h3-36,41-42H2,1-2H3. The van der Waals surface area contributed by atoms with Crippen LogP contribution in [0.2, 0.25) is 0 Å². The van der Waals surface area contributed by atoms with Gasteiger partial charge in [-0.15, -0.1) is 0 Å². The van der Waals surface area contributed by atoms with Crippen molar-refractivity contribution < 1.29 is 19.2 Å². The molecule has 0 aromatic heterocycles. The van der Waals surface area contributed by atoms with Crippen LogP contribution in [0.5, 0.6) is 0 Å². The summed E-state index contributed by atoms with van der Waals surface area (Å²) in [6.07, 6.45) is 37.2. The summed E-state index contributed by atoms with van der Waals surface area (Å²) in [6, 6.07) is 0. The second-order valence-corrected chi connectivity index (χ2v) is 14.2. The van der Waals surface area contributed by atoms with Gasteiger partial charge in [-0.05, 0) is 12.8 Å². The maximum atomic E-state index is 12.4. The topological polar surface area (TPSA) is 127 Å². The molecule has 0 aromatic carbocycles. The quantitative estimate of drug-likeness (QED) is 0.0297. The third kappa shape index (κ3) is 29.1. The SMILES string of the molecule is CCCCCCCCCCCCCCCCCC(=O)N(N)C(=O)CCC(=O)N(N)C(=O)CCCCCCCCCCCCCCCCC. The molecule has 0 bridgehead atoms. The van der Waals surface area contributed by atoms with Gasteiger partial charge in [-0.25, -0.2) is 21.7 Å². The van der Waals surface area contributed by atoms with Crippen molar-refractivity contribution in [3.63, 3.8) is 0 Å². The molecular weight excluding hydrogens is 600 g/mol. The summed E-state index contributed by atoms with van der Waals surface area (Å²) in [5.41, 5.74) is 0. The van der Waals surface area contributed by atoms with E-state index in [0.29, 0.717) is 22.9 Å². The highest BCUT2D eigenvalue weighted by Crippen LogP contribution is 2.16. The molecule has 0 rings (SSSR count). The van der Waals surface area contributed by atoms with Crippen LogP contribution in [0.4, 0.5) is 0 Å². The second-order valence-electron chi connectivity index (χ2n) is 14.2. The molecule has 0 fully saturated rings. The molecule has 0 aromatic rings. The summed E-state index contributed by atoms with van der Waals surface area (Å²) in [6.45, 7) is 4.51. The Bertz CT molecular complexity index is 727. The molecule has 8 nitrogen and oxygen atoms in total. The van der Waals surface area contributed by atoms with E-state index in [1.807, 2.05) is 0 Å². The van der Waals surface area contributed by atoms with E-state index in [-0.39, 0.29) is 25.7 Å². The van der Waals surface area contributed by atoms with Gasteiger partial charge in [0.2, 0.25) is 23.6 Å². The van der Waals surface area contributed by atoms with E-state index in [2.05, 4.69) is 13.8 Å². The summed E-state index contributed by atoms with van der Waals surface area (Å²) < 4.78 is 0. The van der Waals surface area contributed by atoms with Crippen LogP contribution in [-0.2, 0) is 19.2 Å². The van der Waals surface area contributed by atoms with Crippen molar-refractivity contribution in [2.75, 3.05) is 0 Å². The van der Waals surface area contributed by atoms with Gasteiger partial charge in [-0.3, -0.25) is 19.2 Å². The Kier molecular flexibility index (Phi) is 33.7. The summed E-state index contributed by atoms with van der Waals surface area (Å²) in [5, 5.41) is 1.24. The maximum Gasteiger partial charge on any atom is 0.244 e. The van der Waals surface area contributed by atoms with Crippen molar-refractivity contribution in [2.24, 2.45) is 11.7 Å². The number of rotatable bonds is 35. The minimum absolute atomic E-state index is 0.217. The number of hydrogen-bond acceptors (Lipinski definition) is 6. The monoisotopic (exact) mass is 679 g/mol. The van der Waals surface area contributed by atoms with Crippen LogP contribution in [0.3, 0.4) is 0 Å². The van der Waals surface area contributed by atoms with Crippen molar-refractivity contribution in [3.05, 3.63) is 0 Å². The van der Waals surface area contributed by atoms with Gasteiger partial charge in [0.25, 0.3) is 0 Å². The first-order valence-corrected chi connectivity index (χ1v) is 20.6. The molecule has 0 saturated heterocycles. The summed E-state index contributed by atoms with van der Waals surface area (Å²) in [7, 11) is 0. The summed E-state index contributed by atoms with van der Waals surface area (Å²) in [5.74, 6) is 9.33. The molecule has 0 heterocycles. The molecule has 4 N–H and O–H groups in total. The van der Waals surface area contributed by atoms with Gasteiger partial charge in [0.05, 0.1) is 0 Å². The van der Waals surface area contributed by atoms with Gasteiger partial charge in [-0.2, -0.15) is 0 Å². The predicted molar refractivity (Wildman–Crippen MR) is 200 cm³/mol. The first-order chi connectivity index (χ1) is 23.3. The van der Waals surface area contributed by atoms with Gasteiger partial charge >= 0.3 is 0 Å². The van der Waals surface area contributed by atoms with Crippen LogP contribution >= 0.6 is 0 Å². The summed E-state index contributed by atoms with van der Waals surface area (Å²) in [4.78, 5) is 49.4. The Morgan fingerprint density at radius 3 is 0.667 bits per heavy atom. The molecule has 0 aliphatic carbocycles. The number of hydrogen-bond donors (Lipinski definition) is 2. The fourth-order valence-electron chi connectivity index (χ4n) is 6.27. The lowest BCUT2D eigenvalue weighted by molar-refractivity contribution is -0.150. The average Bonchev–Trinajstić information content (AvgIpc) is 3.09. The molecular formula is C40H78N4O4. The van der Waals surface area contributed by atoms with Crippen LogP contribution in [0, 0.1) is 0 Å². The number of amides is 4. The average molecular weight is 679 g/mol. The van der Waals surface area contributed by atoms with E-state index in [0.717, 1.165) is 25.7 Å². The van der Waals surface area contributed by atoms with E-state index in [4.69, 9.17) is 11.7 Å². The lowest BCUT2D eigenvalue weighted by Crippen LogP contribution is -2.45. The molecule has 0 aliphatic rings. The Labute approximate surface area is 296 Å². The number of hydrazine groups is 2. The molecule has 0 spiro atoms. The first kappa shape index (κ1) is 46.2. The van der Waals surface area contributed by atoms with Crippen molar-refractivity contribution in [3.8, 4) is 0 Å². The third-order valence-corrected chi connectivity index (χ3v) is 9.62. The van der Waals surface area contributed by atoms with Crippen LogP contribution in [0.1, 0.15) is 232 Å². The fourth-order valence-corrected chi connectivity index (χ4v) is 6.27. The number of nitrogens with two attached hydrogens (primary N) is 2. The number of carbonyl (C=O) groups is 4. The molecule has 0 unspecified atom stereocenters. The molecule has 282 valence electrons. The van der Waals surface area contributed by atoms with Gasteiger partial charge in [0.1, 0.15) is 0 Å². The predicted octanol–water partition coefficient (Wildman–Crippen LogP) is 10.7. The van der Waals surface area contributed by atoms with Crippen molar-refractivity contribution in [1.29, 1.82) is 0 Å². The molecule has 0 atom stereocenters. The summed E-state index contributed by atoms with van der Waals surface area (Å²) >= 11 is 0. The molecule has 0 radical (unpaired) electrons. The van der Waals surface area contributed by atoms with E-state index < -0.39 is 23.6 Å². The highest BCUT2D eigenvalue weighted by atomic mass is 16.2. The van der Waals surface area contributed by atoms with E-state index in [1.54, 1.807) is 0 Å². The lowest BCUT2D eigenvalue weighted by atomic mass is 10.0. The second kappa shape index (κ2) is 35.0. The zero-order valence-electron chi connectivity index (χ0n) is 31.7. The van der Waals surface area contributed by atoms with Crippen molar-refractivity contribution in [2.45, 2.75) is 232 Å². The van der Waals surface area contributed by atoms with E-state index >= 15 is 0 Å². The zero-order chi connectivity index (χ0) is 35.5. The fraction of sp³-hybridized carbons (Fsp3) is 0.900. The molecule has 0 aliphatic heterocycles. The lowest BCUT2D eigenvalue weighted by Gasteiger charge is -2.17. The van der Waals surface area contributed by atoms with Gasteiger partial charge < -0.3 is 0 Å². The minimum Gasteiger partial charge on any atom is -0.273 e. The largest absolute Gasteiger partial charge is 0.273 e. The molecule has 8 heteroatoms. The molecule has 0 saturated carbocycles. The first-order valence-electron chi connectivity index (χ1n) is 20.6. The van der Waals surface area contributed by atoms with Gasteiger partial charge in [0.15, 0.2) is 0 Å². The zero-order valence-corrected chi connectivity index (χ0v) is 31.7. The Balaban J connectivity index is 3.73. The Hall–Kier alpha value is -1.80. The van der Waals surface area contributed by atoms with Crippen LogP contribution in [0.25, 0.3) is 0 Å². The van der Waals surface area contributed by atoms with Crippen LogP contribution in [0.15, 0.2) is 0 Å². The normalized spacial score (nSPS) is 11.2. The van der Waals surface area contributed by atoms with E-state index in [9.17, 15) is 19.2 Å². The van der Waals surface area contributed by atoms with E-state index in [1.165, 1.54) is 154 Å². The highest BCUT2D eigenvalue weighted by Gasteiger charge is 2.22. The van der Waals surface area contributed by atoms with Crippen molar-refractivity contribution >= 4 is 23.6 Å². The Morgan fingerprint density at radius 1 is 0.292 bits per heavy atom. The number of unbranched alkanes of at least 4 members (excludes halogenated alkanes) is 28. The minimum atomic E-state index is -0.627. The van der Waals surface area contributed by atoms with Crippen LogP contribution in [-0.4, -0.2) is 33.6 Å². The maximum absolute atomic E-state index is 12.4. The molecule has 48 heavy (non-hydrogen) atoms. The number of carbonyl (C=O) groups excluding carboxylic acids is 4. The Morgan fingerprint density at radius 2 is 0.458 bits per heavy atom. The van der Waals surface area contributed by atoms with Gasteiger partial charge in [-0.1, -0.05) is 194 Å². The molecule has 4 amide bonds. The third-order valence-electron chi connectivity index (χ3n) is 9.62. The van der Waals surface area contributed by atoms with Gasteiger partial charge in [0, 0.05) is 25.7 Å². The van der Waals surface area contributed by atoms with Crippen LogP contribution < -0.4 is 11.7 Å². The highest BCUT2D eigenvalue weighted by molar-refractivity contribution is 5.98.